The minimum Gasteiger partial charge on any atom is -0.467 e. The molecule has 0 bridgehead atoms. The van der Waals surface area contributed by atoms with Gasteiger partial charge in [0.15, 0.2) is 0 Å². The number of nitrogens with one attached hydrogen (secondary N) is 1. The van der Waals surface area contributed by atoms with Crippen LogP contribution < -0.4 is 5.32 Å². The average Bonchev–Trinajstić information content (AvgIpc) is 2.63. The molecule has 0 aliphatic heterocycles. The molecule has 1 fully saturated rings. The lowest BCUT2D eigenvalue weighted by Gasteiger charge is -2.24. The first-order chi connectivity index (χ1) is 8.24. The lowest BCUT2D eigenvalue weighted by Crippen LogP contribution is -2.21. The molecule has 0 unspecified atom stereocenters. The van der Waals surface area contributed by atoms with E-state index < -0.39 is 0 Å². The van der Waals surface area contributed by atoms with Crippen LogP contribution in [0.5, 0.6) is 0 Å². The Balaban J connectivity index is 1.67. The Morgan fingerprint density at radius 2 is 2.29 bits per heavy atom. The predicted molar refractivity (Wildman–Crippen MR) is 67.7 cm³/mol. The Kier molecular flexibility index (Phi) is 4.63. The Bertz CT molecular complexity index is 329. The number of hydrogen-bond donors (Lipinski definition) is 1. The summed E-state index contributed by atoms with van der Waals surface area (Å²) < 4.78 is 11.2. The second-order valence-corrected chi connectivity index (χ2v) is 5.31. The maximum absolute atomic E-state index is 5.71. The number of rotatable bonds is 7. The van der Waals surface area contributed by atoms with Crippen molar-refractivity contribution in [3.8, 4) is 0 Å². The SMILES string of the molecule is CC(C)CNCc1coc(COC2CCC2)c1. The van der Waals surface area contributed by atoms with E-state index in [1.807, 2.05) is 6.26 Å². The Hall–Kier alpha value is -0.800. The molecule has 17 heavy (non-hydrogen) atoms. The lowest BCUT2D eigenvalue weighted by molar-refractivity contribution is -0.0157. The van der Waals surface area contributed by atoms with Gasteiger partial charge >= 0.3 is 0 Å². The van der Waals surface area contributed by atoms with Gasteiger partial charge in [0.25, 0.3) is 0 Å². The van der Waals surface area contributed by atoms with E-state index in [1.165, 1.54) is 24.8 Å². The van der Waals surface area contributed by atoms with Gasteiger partial charge in [-0.15, -0.1) is 0 Å². The minimum absolute atomic E-state index is 0.475. The highest BCUT2D eigenvalue weighted by atomic mass is 16.5. The van der Waals surface area contributed by atoms with E-state index in [1.54, 1.807) is 0 Å². The van der Waals surface area contributed by atoms with Crippen LogP contribution in [0.15, 0.2) is 16.7 Å². The summed E-state index contributed by atoms with van der Waals surface area (Å²) in [4.78, 5) is 0. The maximum Gasteiger partial charge on any atom is 0.129 e. The van der Waals surface area contributed by atoms with Crippen LogP contribution in [0.1, 0.15) is 44.4 Å². The molecular formula is C14H23NO2. The summed E-state index contributed by atoms with van der Waals surface area (Å²) in [7, 11) is 0. The molecular weight excluding hydrogens is 214 g/mol. The molecule has 1 aliphatic carbocycles. The van der Waals surface area contributed by atoms with Gasteiger partial charge in [-0.2, -0.15) is 0 Å². The lowest BCUT2D eigenvalue weighted by atomic mass is 9.96. The first kappa shape index (κ1) is 12.7. The number of hydrogen-bond acceptors (Lipinski definition) is 3. The van der Waals surface area contributed by atoms with Crippen LogP contribution in [0.2, 0.25) is 0 Å². The van der Waals surface area contributed by atoms with Gasteiger partial charge in [0, 0.05) is 12.1 Å². The summed E-state index contributed by atoms with van der Waals surface area (Å²) in [5.74, 6) is 1.63. The van der Waals surface area contributed by atoms with Crippen LogP contribution in [0.25, 0.3) is 0 Å². The highest BCUT2D eigenvalue weighted by Crippen LogP contribution is 2.23. The van der Waals surface area contributed by atoms with Crippen LogP contribution in [0.4, 0.5) is 0 Å². The Labute approximate surface area is 104 Å². The van der Waals surface area contributed by atoms with E-state index >= 15 is 0 Å². The standard InChI is InChI=1S/C14H23NO2/c1-11(2)7-15-8-12-6-14(16-9-12)10-17-13-4-3-5-13/h6,9,11,13,15H,3-5,7-8,10H2,1-2H3. The Morgan fingerprint density at radius 1 is 1.47 bits per heavy atom. The van der Waals surface area contributed by atoms with Crippen molar-refractivity contribution < 1.29 is 9.15 Å². The fourth-order valence-corrected chi connectivity index (χ4v) is 1.84. The summed E-state index contributed by atoms with van der Waals surface area (Å²) in [5.41, 5.74) is 1.21. The van der Waals surface area contributed by atoms with Crippen molar-refractivity contribution in [2.45, 2.75) is 52.4 Å². The van der Waals surface area contributed by atoms with Crippen molar-refractivity contribution in [3.63, 3.8) is 0 Å². The summed E-state index contributed by atoms with van der Waals surface area (Å²) in [6.07, 6.45) is 6.04. The highest BCUT2D eigenvalue weighted by Gasteiger charge is 2.18. The zero-order chi connectivity index (χ0) is 12.1. The molecule has 0 amide bonds. The van der Waals surface area contributed by atoms with Gasteiger partial charge in [-0.05, 0) is 37.8 Å². The fourth-order valence-electron chi connectivity index (χ4n) is 1.84. The first-order valence-corrected chi connectivity index (χ1v) is 6.62. The maximum atomic E-state index is 5.71. The molecule has 1 aliphatic rings. The third-order valence-corrected chi connectivity index (χ3v) is 3.10. The van der Waals surface area contributed by atoms with E-state index in [4.69, 9.17) is 9.15 Å². The zero-order valence-corrected chi connectivity index (χ0v) is 10.9. The van der Waals surface area contributed by atoms with Gasteiger partial charge < -0.3 is 14.5 Å². The fraction of sp³-hybridized carbons (Fsp3) is 0.714. The number of furan rings is 1. The third kappa shape index (κ3) is 4.17. The summed E-state index contributed by atoms with van der Waals surface area (Å²) in [5, 5.41) is 3.40. The molecule has 0 aromatic carbocycles. The van der Waals surface area contributed by atoms with Gasteiger partial charge in [-0.25, -0.2) is 0 Å². The van der Waals surface area contributed by atoms with Crippen molar-refractivity contribution in [3.05, 3.63) is 23.7 Å². The second kappa shape index (κ2) is 6.22. The van der Waals surface area contributed by atoms with Crippen molar-refractivity contribution in [2.24, 2.45) is 5.92 Å². The topological polar surface area (TPSA) is 34.4 Å². The van der Waals surface area contributed by atoms with Crippen molar-refractivity contribution in [1.29, 1.82) is 0 Å². The quantitative estimate of drug-likeness (QED) is 0.791. The normalized spacial score (nSPS) is 16.4. The summed E-state index contributed by atoms with van der Waals surface area (Å²) >= 11 is 0. The van der Waals surface area contributed by atoms with Crippen molar-refractivity contribution >= 4 is 0 Å². The van der Waals surface area contributed by atoms with E-state index in [2.05, 4.69) is 25.2 Å². The molecule has 1 N–H and O–H groups in total. The van der Waals surface area contributed by atoms with Gasteiger partial charge in [-0.3, -0.25) is 0 Å². The molecule has 0 radical (unpaired) electrons. The molecule has 96 valence electrons. The monoisotopic (exact) mass is 237 g/mol. The van der Waals surface area contributed by atoms with Crippen LogP contribution in [-0.4, -0.2) is 12.6 Å². The molecule has 1 aromatic rings. The van der Waals surface area contributed by atoms with Gasteiger partial charge in [0.2, 0.25) is 0 Å². The van der Waals surface area contributed by atoms with Crippen LogP contribution in [0.3, 0.4) is 0 Å². The summed E-state index contributed by atoms with van der Waals surface area (Å²) in [6, 6.07) is 2.09. The molecule has 3 nitrogen and oxygen atoms in total. The minimum atomic E-state index is 0.475. The molecule has 0 spiro atoms. The van der Waals surface area contributed by atoms with Gasteiger partial charge in [0.05, 0.1) is 12.4 Å². The van der Waals surface area contributed by atoms with E-state index in [0.29, 0.717) is 18.6 Å². The molecule has 2 rings (SSSR count). The van der Waals surface area contributed by atoms with Crippen LogP contribution >= 0.6 is 0 Å². The average molecular weight is 237 g/mol. The van der Waals surface area contributed by atoms with Gasteiger partial charge in [0.1, 0.15) is 12.4 Å². The van der Waals surface area contributed by atoms with Crippen molar-refractivity contribution in [2.75, 3.05) is 6.54 Å². The zero-order valence-electron chi connectivity index (χ0n) is 10.9. The summed E-state index contributed by atoms with van der Waals surface area (Å²) in [6.45, 7) is 6.96. The first-order valence-electron chi connectivity index (χ1n) is 6.62. The number of ether oxygens (including phenoxy) is 1. The smallest absolute Gasteiger partial charge is 0.129 e. The van der Waals surface area contributed by atoms with E-state index in [9.17, 15) is 0 Å². The molecule has 3 heteroatoms. The van der Waals surface area contributed by atoms with Gasteiger partial charge in [-0.1, -0.05) is 13.8 Å². The Morgan fingerprint density at radius 3 is 2.94 bits per heavy atom. The van der Waals surface area contributed by atoms with Crippen molar-refractivity contribution in [1.82, 2.24) is 5.32 Å². The molecule has 0 saturated heterocycles. The van der Waals surface area contributed by atoms with E-state index in [-0.39, 0.29) is 0 Å². The largest absolute Gasteiger partial charge is 0.467 e. The predicted octanol–water partition coefficient (Wildman–Crippen LogP) is 3.09. The molecule has 1 saturated carbocycles. The van der Waals surface area contributed by atoms with Crippen LogP contribution in [-0.2, 0) is 17.9 Å². The second-order valence-electron chi connectivity index (χ2n) is 5.31. The van der Waals surface area contributed by atoms with Crippen LogP contribution in [0, 0.1) is 5.92 Å². The molecule has 1 heterocycles. The third-order valence-electron chi connectivity index (χ3n) is 3.10. The molecule has 1 aromatic heterocycles. The van der Waals surface area contributed by atoms with E-state index in [0.717, 1.165) is 18.8 Å². The molecule has 0 atom stereocenters. The highest BCUT2D eigenvalue weighted by molar-refractivity contribution is 5.12.